The van der Waals surface area contributed by atoms with Crippen LogP contribution in [0.15, 0.2) is 60.7 Å². The van der Waals surface area contributed by atoms with Crippen LogP contribution in [0.1, 0.15) is 37.3 Å². The highest BCUT2D eigenvalue weighted by atomic mass is 127. The van der Waals surface area contributed by atoms with Gasteiger partial charge >= 0.3 is 0 Å². The molecule has 1 fully saturated rings. The van der Waals surface area contributed by atoms with Crippen LogP contribution in [0.5, 0.6) is 0 Å². The molecule has 0 saturated carbocycles. The van der Waals surface area contributed by atoms with E-state index in [9.17, 15) is 5.11 Å². The minimum Gasteiger partial charge on any atom is -0.385 e. The molecule has 0 spiro atoms. The molecule has 1 saturated heterocycles. The van der Waals surface area contributed by atoms with E-state index >= 15 is 0 Å². The lowest BCUT2D eigenvalue weighted by atomic mass is 9.74. The molecule has 30 heavy (non-hydrogen) atoms. The van der Waals surface area contributed by atoms with Crippen LogP contribution in [0, 0.1) is 5.92 Å². The molecule has 0 aliphatic carbocycles. The Bertz CT molecular complexity index is 689. The number of rotatable bonds is 9. The molecular weight excluding hydrogens is 483 g/mol. The van der Waals surface area contributed by atoms with Crippen LogP contribution in [-0.4, -0.2) is 59.6 Å². The van der Waals surface area contributed by atoms with Crippen molar-refractivity contribution in [2.45, 2.75) is 38.2 Å². The number of piperazine rings is 1. The maximum absolute atomic E-state index is 12.1. The first kappa shape index (κ1) is 25.3. The summed E-state index contributed by atoms with van der Waals surface area (Å²) in [5.41, 5.74) is 1.59. The van der Waals surface area contributed by atoms with E-state index in [1.165, 1.54) is 5.56 Å². The van der Waals surface area contributed by atoms with Gasteiger partial charge in [-0.25, -0.2) is 0 Å². The van der Waals surface area contributed by atoms with Crippen molar-refractivity contribution in [2.75, 3.05) is 44.7 Å². The van der Waals surface area contributed by atoms with E-state index in [2.05, 4.69) is 101 Å². The number of alkyl halides is 1. The molecule has 0 amide bonds. The quantitative estimate of drug-likeness (QED) is 0.361. The minimum atomic E-state index is -0.795. The zero-order valence-electron chi connectivity index (χ0n) is 18.9. The minimum absolute atomic E-state index is 0.173. The second-order valence-corrected chi connectivity index (χ2v) is 8.38. The van der Waals surface area contributed by atoms with E-state index in [1.54, 1.807) is 0 Å². The Morgan fingerprint density at radius 2 is 1.50 bits per heavy atom. The van der Waals surface area contributed by atoms with Crippen LogP contribution >= 0.6 is 22.6 Å². The average molecular weight is 523 g/mol. The lowest BCUT2D eigenvalue weighted by molar-refractivity contribution is -0.0496. The molecule has 4 heteroatoms. The third-order valence-electron chi connectivity index (χ3n) is 6.26. The summed E-state index contributed by atoms with van der Waals surface area (Å²) in [6.45, 7) is 7.53. The second kappa shape index (κ2) is 13.5. The first-order valence-electron chi connectivity index (χ1n) is 11.2. The second-order valence-electron chi connectivity index (χ2n) is 8.38. The topological polar surface area (TPSA) is 26.7 Å². The third kappa shape index (κ3) is 7.33. The summed E-state index contributed by atoms with van der Waals surface area (Å²) in [4.78, 5) is 6.91. The number of aliphatic hydroxyl groups is 1. The monoisotopic (exact) mass is 522 g/mol. The lowest BCUT2D eigenvalue weighted by Crippen LogP contribution is -2.50. The fourth-order valence-electron chi connectivity index (χ4n) is 4.38. The highest BCUT2D eigenvalue weighted by molar-refractivity contribution is 14.1. The van der Waals surface area contributed by atoms with E-state index in [0.29, 0.717) is 0 Å². The Hall–Kier alpha value is -0.950. The third-order valence-corrected chi connectivity index (χ3v) is 6.26. The Balaban J connectivity index is 0.00000155. The van der Waals surface area contributed by atoms with Crippen molar-refractivity contribution in [1.82, 2.24) is 9.80 Å². The number of unbranched alkanes of at least 4 members (excludes halogenated alkanes) is 1. The summed E-state index contributed by atoms with van der Waals surface area (Å²) in [6.07, 6.45) is 3.86. The molecule has 0 bridgehead atoms. The molecule has 3 rings (SSSR count). The molecular formula is C26H39IN2O. The van der Waals surface area contributed by atoms with Crippen LogP contribution in [-0.2, 0) is 12.0 Å². The normalized spacial score (nSPS) is 18.2. The molecule has 0 aromatic heterocycles. The first-order valence-corrected chi connectivity index (χ1v) is 13.4. The Labute approximate surface area is 197 Å². The van der Waals surface area contributed by atoms with Crippen molar-refractivity contribution in [2.24, 2.45) is 5.92 Å². The molecule has 0 radical (unpaired) electrons. The number of halogens is 1. The highest BCUT2D eigenvalue weighted by Crippen LogP contribution is 2.37. The SMILES string of the molecule is CCCCC(O)(c1ccccc1)C(Cc1ccccc1)CN1CCN(C)CC1.CI. The Morgan fingerprint density at radius 3 is 2.07 bits per heavy atom. The van der Waals surface area contributed by atoms with Gasteiger partial charge in [-0.15, -0.1) is 0 Å². The first-order chi connectivity index (χ1) is 14.6. The Kier molecular flexibility index (Phi) is 11.4. The zero-order chi connectivity index (χ0) is 21.8. The number of nitrogens with zero attached hydrogens (tertiary/aromatic N) is 2. The molecule has 2 aromatic rings. The fraction of sp³-hybridized carbons (Fsp3) is 0.538. The van der Waals surface area contributed by atoms with Crippen LogP contribution in [0.25, 0.3) is 0 Å². The predicted octanol–water partition coefficient (Wildman–Crippen LogP) is 5.22. The van der Waals surface area contributed by atoms with Crippen molar-refractivity contribution in [3.63, 3.8) is 0 Å². The van der Waals surface area contributed by atoms with Crippen molar-refractivity contribution in [3.8, 4) is 0 Å². The van der Waals surface area contributed by atoms with Crippen molar-refractivity contribution in [1.29, 1.82) is 0 Å². The summed E-state index contributed by atoms with van der Waals surface area (Å²) < 4.78 is 0. The van der Waals surface area contributed by atoms with Gasteiger partial charge in [0.2, 0.25) is 0 Å². The fourth-order valence-corrected chi connectivity index (χ4v) is 4.38. The predicted molar refractivity (Wildman–Crippen MR) is 137 cm³/mol. The van der Waals surface area contributed by atoms with Crippen LogP contribution in [0.4, 0.5) is 0 Å². The van der Waals surface area contributed by atoms with Gasteiger partial charge in [-0.3, -0.25) is 0 Å². The summed E-state index contributed by atoms with van der Waals surface area (Å²) in [5.74, 6) is 0.173. The molecule has 2 aromatic carbocycles. The molecule has 1 aliphatic rings. The molecule has 1 N–H and O–H groups in total. The standard InChI is InChI=1S/C25H36N2O.CH3I/c1-3-4-15-25(28,23-13-9-6-10-14-23)24(20-22-11-7-5-8-12-22)21-27-18-16-26(2)17-19-27;1-2/h5-14,24,28H,3-4,15-21H2,1-2H3;1H3. The zero-order valence-corrected chi connectivity index (χ0v) is 21.1. The van der Waals surface area contributed by atoms with Gasteiger partial charge in [-0.05, 0) is 35.9 Å². The molecule has 166 valence electrons. The van der Waals surface area contributed by atoms with Crippen molar-refractivity contribution >= 4 is 22.6 Å². The van der Waals surface area contributed by atoms with Gasteiger partial charge in [0.1, 0.15) is 0 Å². The average Bonchev–Trinajstić information content (AvgIpc) is 2.81. The summed E-state index contributed by atoms with van der Waals surface area (Å²) in [6, 6.07) is 21.0. The highest BCUT2D eigenvalue weighted by Gasteiger charge is 2.39. The van der Waals surface area contributed by atoms with E-state index in [-0.39, 0.29) is 5.92 Å². The van der Waals surface area contributed by atoms with E-state index < -0.39 is 5.60 Å². The number of benzene rings is 2. The molecule has 1 heterocycles. The van der Waals surface area contributed by atoms with Gasteiger partial charge in [0.15, 0.2) is 0 Å². The van der Waals surface area contributed by atoms with E-state index in [0.717, 1.165) is 64.0 Å². The van der Waals surface area contributed by atoms with Gasteiger partial charge in [0.05, 0.1) is 5.60 Å². The van der Waals surface area contributed by atoms with Crippen molar-refractivity contribution in [3.05, 3.63) is 71.8 Å². The molecule has 1 aliphatic heterocycles. The summed E-state index contributed by atoms with van der Waals surface area (Å²) in [5, 5.41) is 12.1. The van der Waals surface area contributed by atoms with Crippen LogP contribution in [0.3, 0.4) is 0 Å². The van der Waals surface area contributed by atoms with Gasteiger partial charge < -0.3 is 14.9 Å². The van der Waals surface area contributed by atoms with Gasteiger partial charge in [-0.1, -0.05) is 103 Å². The number of hydrogen-bond acceptors (Lipinski definition) is 3. The maximum atomic E-state index is 12.1. The number of likely N-dealkylation sites (N-methyl/N-ethyl adjacent to an activating group) is 1. The summed E-state index contributed by atoms with van der Waals surface area (Å²) in [7, 11) is 2.19. The van der Waals surface area contributed by atoms with E-state index in [4.69, 9.17) is 0 Å². The molecule has 3 nitrogen and oxygen atoms in total. The summed E-state index contributed by atoms with van der Waals surface area (Å²) >= 11 is 2.15. The lowest BCUT2D eigenvalue weighted by Gasteiger charge is -2.42. The largest absolute Gasteiger partial charge is 0.385 e. The molecule has 2 atom stereocenters. The molecule has 2 unspecified atom stereocenters. The van der Waals surface area contributed by atoms with Crippen LogP contribution < -0.4 is 0 Å². The number of hydrogen-bond donors (Lipinski definition) is 1. The smallest absolute Gasteiger partial charge is 0.0939 e. The van der Waals surface area contributed by atoms with Gasteiger partial charge in [0, 0.05) is 38.6 Å². The maximum Gasteiger partial charge on any atom is 0.0939 e. The van der Waals surface area contributed by atoms with Gasteiger partial charge in [-0.2, -0.15) is 0 Å². The van der Waals surface area contributed by atoms with Crippen molar-refractivity contribution < 1.29 is 5.11 Å². The van der Waals surface area contributed by atoms with E-state index in [1.807, 2.05) is 11.0 Å². The Morgan fingerprint density at radius 1 is 0.933 bits per heavy atom. The van der Waals surface area contributed by atoms with Crippen LogP contribution in [0.2, 0.25) is 0 Å². The van der Waals surface area contributed by atoms with Gasteiger partial charge in [0.25, 0.3) is 0 Å².